The van der Waals surface area contributed by atoms with Crippen molar-refractivity contribution in [3.8, 4) is 11.5 Å². The highest BCUT2D eigenvalue weighted by Gasteiger charge is 2.16. The summed E-state index contributed by atoms with van der Waals surface area (Å²) >= 11 is 0. The van der Waals surface area contributed by atoms with Crippen LogP contribution in [-0.2, 0) is 0 Å². The highest BCUT2D eigenvalue weighted by atomic mass is 16.5. The van der Waals surface area contributed by atoms with Gasteiger partial charge in [0.25, 0.3) is 0 Å². The molecule has 0 aromatic heterocycles. The Morgan fingerprint density at radius 3 is 2.68 bits per heavy atom. The van der Waals surface area contributed by atoms with Crippen molar-refractivity contribution in [2.75, 3.05) is 52.8 Å². The van der Waals surface area contributed by atoms with Gasteiger partial charge in [0, 0.05) is 25.3 Å². The van der Waals surface area contributed by atoms with Crippen molar-refractivity contribution in [1.29, 1.82) is 0 Å². The van der Waals surface area contributed by atoms with Gasteiger partial charge < -0.3 is 25.0 Å². The molecular formula is C19H32N4O2. The van der Waals surface area contributed by atoms with Gasteiger partial charge in [0.15, 0.2) is 17.5 Å². The van der Waals surface area contributed by atoms with Crippen molar-refractivity contribution < 1.29 is 9.47 Å². The van der Waals surface area contributed by atoms with Crippen LogP contribution in [0.5, 0.6) is 11.5 Å². The molecule has 0 bridgehead atoms. The van der Waals surface area contributed by atoms with E-state index in [1.54, 1.807) is 14.2 Å². The number of hydrogen-bond donors (Lipinski definition) is 2. The third-order valence-electron chi connectivity index (χ3n) is 4.63. The van der Waals surface area contributed by atoms with Gasteiger partial charge in [-0.3, -0.25) is 4.99 Å². The summed E-state index contributed by atoms with van der Waals surface area (Å²) in [7, 11) is 5.64. The van der Waals surface area contributed by atoms with Crippen molar-refractivity contribution in [2.45, 2.75) is 26.2 Å². The quantitative estimate of drug-likeness (QED) is 0.586. The number of ether oxygens (including phenoxy) is 2. The molecule has 0 saturated carbocycles. The first-order valence-electron chi connectivity index (χ1n) is 9.13. The second-order valence-electron chi connectivity index (χ2n) is 6.46. The van der Waals surface area contributed by atoms with Gasteiger partial charge >= 0.3 is 0 Å². The molecule has 1 aliphatic heterocycles. The SMILES string of the molecule is CCOc1ccc(NC(=NC)NCCC2CCN(C)CC2)cc1OC. The normalized spacial score (nSPS) is 16.6. The van der Waals surface area contributed by atoms with E-state index in [4.69, 9.17) is 9.47 Å². The summed E-state index contributed by atoms with van der Waals surface area (Å²) in [5.41, 5.74) is 0.924. The van der Waals surface area contributed by atoms with Crippen molar-refractivity contribution in [1.82, 2.24) is 10.2 Å². The van der Waals surface area contributed by atoms with Gasteiger partial charge in [0.05, 0.1) is 13.7 Å². The van der Waals surface area contributed by atoms with E-state index in [1.165, 1.54) is 32.4 Å². The van der Waals surface area contributed by atoms with E-state index in [1.807, 2.05) is 25.1 Å². The van der Waals surface area contributed by atoms with Crippen molar-refractivity contribution >= 4 is 11.6 Å². The topological polar surface area (TPSA) is 58.1 Å². The van der Waals surface area contributed by atoms with Gasteiger partial charge in [-0.15, -0.1) is 0 Å². The standard InChI is InChI=1S/C19H32N4O2/c1-5-25-17-7-6-16(14-18(17)24-4)22-19(20-2)21-11-8-15-9-12-23(3)13-10-15/h6-7,14-15H,5,8-13H2,1-4H3,(H2,20,21,22). The van der Waals surface area contributed by atoms with E-state index in [9.17, 15) is 0 Å². The summed E-state index contributed by atoms with van der Waals surface area (Å²) < 4.78 is 10.9. The van der Waals surface area contributed by atoms with Gasteiger partial charge in [-0.05, 0) is 64.4 Å². The van der Waals surface area contributed by atoms with Crippen LogP contribution in [0, 0.1) is 5.92 Å². The molecule has 1 aromatic rings. The van der Waals surface area contributed by atoms with Crippen LogP contribution in [0.15, 0.2) is 23.2 Å². The number of nitrogens with zero attached hydrogens (tertiary/aromatic N) is 2. The van der Waals surface area contributed by atoms with Gasteiger partial charge in [0.1, 0.15) is 0 Å². The van der Waals surface area contributed by atoms with Crippen LogP contribution in [0.4, 0.5) is 5.69 Å². The van der Waals surface area contributed by atoms with Gasteiger partial charge in [-0.25, -0.2) is 0 Å². The lowest BCUT2D eigenvalue weighted by Crippen LogP contribution is -2.35. The number of anilines is 1. The van der Waals surface area contributed by atoms with Gasteiger partial charge in [-0.2, -0.15) is 0 Å². The lowest BCUT2D eigenvalue weighted by atomic mass is 9.94. The lowest BCUT2D eigenvalue weighted by molar-refractivity contribution is 0.213. The maximum Gasteiger partial charge on any atom is 0.195 e. The van der Waals surface area contributed by atoms with Crippen LogP contribution in [-0.4, -0.2) is 58.3 Å². The maximum absolute atomic E-state index is 5.55. The fourth-order valence-corrected chi connectivity index (χ4v) is 3.08. The number of piperidine rings is 1. The zero-order valence-corrected chi connectivity index (χ0v) is 16.0. The Balaban J connectivity index is 1.83. The molecule has 0 aliphatic carbocycles. The summed E-state index contributed by atoms with van der Waals surface area (Å²) in [5.74, 6) is 3.06. The molecular weight excluding hydrogens is 316 g/mol. The van der Waals surface area contributed by atoms with E-state index in [0.29, 0.717) is 12.4 Å². The summed E-state index contributed by atoms with van der Waals surface area (Å²) in [6, 6.07) is 5.81. The Hall–Kier alpha value is -1.95. The first-order chi connectivity index (χ1) is 12.2. The van der Waals surface area contributed by atoms with Crippen LogP contribution in [0.3, 0.4) is 0 Å². The monoisotopic (exact) mass is 348 g/mol. The minimum absolute atomic E-state index is 0.614. The number of methoxy groups -OCH3 is 1. The molecule has 0 spiro atoms. The predicted octanol–water partition coefficient (Wildman–Crippen LogP) is 2.81. The van der Waals surface area contributed by atoms with Crippen molar-refractivity contribution in [3.63, 3.8) is 0 Å². The van der Waals surface area contributed by atoms with E-state index >= 15 is 0 Å². The Kier molecular flexibility index (Phi) is 7.85. The molecule has 1 aliphatic rings. The van der Waals surface area contributed by atoms with Crippen molar-refractivity contribution in [2.24, 2.45) is 10.9 Å². The van der Waals surface area contributed by atoms with Gasteiger partial charge in [0.2, 0.25) is 0 Å². The molecule has 2 rings (SSSR count). The molecule has 2 N–H and O–H groups in total. The Labute approximate surface area is 151 Å². The molecule has 6 nitrogen and oxygen atoms in total. The van der Waals surface area contributed by atoms with Crippen molar-refractivity contribution in [3.05, 3.63) is 18.2 Å². The molecule has 6 heteroatoms. The molecule has 0 radical (unpaired) electrons. The summed E-state index contributed by atoms with van der Waals surface area (Å²) in [4.78, 5) is 6.71. The second-order valence-corrected chi connectivity index (χ2v) is 6.46. The average molecular weight is 348 g/mol. The average Bonchev–Trinajstić information content (AvgIpc) is 2.63. The number of guanidine groups is 1. The minimum Gasteiger partial charge on any atom is -0.493 e. The fourth-order valence-electron chi connectivity index (χ4n) is 3.08. The molecule has 1 heterocycles. The first-order valence-corrected chi connectivity index (χ1v) is 9.13. The second kappa shape index (κ2) is 10.1. The number of hydrogen-bond acceptors (Lipinski definition) is 4. The Morgan fingerprint density at radius 2 is 2.04 bits per heavy atom. The van der Waals surface area contributed by atoms with E-state index in [0.717, 1.165) is 29.9 Å². The smallest absolute Gasteiger partial charge is 0.195 e. The third-order valence-corrected chi connectivity index (χ3v) is 4.63. The zero-order valence-electron chi connectivity index (χ0n) is 16.0. The summed E-state index contributed by atoms with van der Waals surface area (Å²) in [6.07, 6.45) is 3.77. The van der Waals surface area contributed by atoms with E-state index < -0.39 is 0 Å². The third kappa shape index (κ3) is 6.12. The first kappa shape index (κ1) is 19.4. The van der Waals surface area contributed by atoms with Crippen LogP contribution in [0.2, 0.25) is 0 Å². The Morgan fingerprint density at radius 1 is 1.28 bits per heavy atom. The largest absolute Gasteiger partial charge is 0.493 e. The van der Waals surface area contributed by atoms with Crippen LogP contribution in [0.1, 0.15) is 26.2 Å². The molecule has 1 fully saturated rings. The minimum atomic E-state index is 0.614. The maximum atomic E-state index is 5.55. The van der Waals surface area contributed by atoms with E-state index in [-0.39, 0.29) is 0 Å². The van der Waals surface area contributed by atoms with Crippen LogP contribution >= 0.6 is 0 Å². The molecule has 0 unspecified atom stereocenters. The van der Waals surface area contributed by atoms with Crippen LogP contribution < -0.4 is 20.1 Å². The summed E-state index contributed by atoms with van der Waals surface area (Å²) in [5, 5.41) is 6.72. The molecule has 140 valence electrons. The predicted molar refractivity (Wildman–Crippen MR) is 104 cm³/mol. The number of likely N-dealkylation sites (tertiary alicyclic amines) is 1. The lowest BCUT2D eigenvalue weighted by Gasteiger charge is -2.29. The highest BCUT2D eigenvalue weighted by Crippen LogP contribution is 2.30. The van der Waals surface area contributed by atoms with E-state index in [2.05, 4.69) is 27.6 Å². The number of nitrogens with one attached hydrogen (secondary N) is 2. The molecule has 25 heavy (non-hydrogen) atoms. The molecule has 1 saturated heterocycles. The fraction of sp³-hybridized carbons (Fsp3) is 0.632. The van der Waals surface area contributed by atoms with Gasteiger partial charge in [-0.1, -0.05) is 0 Å². The number of rotatable bonds is 7. The zero-order chi connectivity index (χ0) is 18.1. The Bertz CT molecular complexity index is 554. The molecule has 1 aromatic carbocycles. The number of aliphatic imine (C=N–C) groups is 1. The number of benzene rings is 1. The molecule has 0 amide bonds. The van der Waals surface area contributed by atoms with Crippen LogP contribution in [0.25, 0.3) is 0 Å². The highest BCUT2D eigenvalue weighted by molar-refractivity contribution is 5.93. The molecule has 0 atom stereocenters. The summed E-state index contributed by atoms with van der Waals surface area (Å²) in [6.45, 7) is 5.93.